The summed E-state index contributed by atoms with van der Waals surface area (Å²) in [4.78, 5) is 3.88. The van der Waals surface area contributed by atoms with Gasteiger partial charge in [-0.1, -0.05) is 12.1 Å². The van der Waals surface area contributed by atoms with Crippen molar-refractivity contribution in [3.05, 3.63) is 64.7 Å². The van der Waals surface area contributed by atoms with Gasteiger partial charge in [0.15, 0.2) is 0 Å². The highest BCUT2D eigenvalue weighted by atomic mass is 19.3. The maximum Gasteiger partial charge on any atom is 0.372 e. The number of rotatable bonds is 3. The summed E-state index contributed by atoms with van der Waals surface area (Å²) in [6, 6.07) is 12.4. The second-order valence-corrected chi connectivity index (χ2v) is 5.26. The Balaban J connectivity index is 1.62. The first-order valence-electron chi connectivity index (χ1n) is 6.92. The van der Waals surface area contributed by atoms with E-state index >= 15 is 0 Å². The molecule has 2 aromatic rings. The molecule has 0 aliphatic carbocycles. The molecule has 2 aliphatic rings. The number of alkyl halides is 2. The maximum atomic E-state index is 12.8. The highest BCUT2D eigenvalue weighted by molar-refractivity contribution is 5.95. The largest absolute Gasteiger partial charge is 0.485 e. The average molecular weight is 300 g/mol. The van der Waals surface area contributed by atoms with Gasteiger partial charge in [-0.05, 0) is 41.5 Å². The lowest BCUT2D eigenvalue weighted by molar-refractivity contribution is -0.140. The molecular weight excluding hydrogens is 288 g/mol. The second kappa shape index (κ2) is 4.93. The molecule has 1 atom stereocenters. The first-order valence-corrected chi connectivity index (χ1v) is 6.92. The predicted octanol–water partition coefficient (Wildman–Crippen LogP) is 3.23. The van der Waals surface area contributed by atoms with Gasteiger partial charge < -0.3 is 4.74 Å². The lowest BCUT2D eigenvalue weighted by Gasteiger charge is -2.11. The Bertz CT molecular complexity index is 813. The minimum absolute atomic E-state index is 0.0337. The molecule has 22 heavy (non-hydrogen) atoms. The van der Waals surface area contributed by atoms with E-state index in [0.717, 1.165) is 22.5 Å². The quantitative estimate of drug-likeness (QED) is 0.885. The van der Waals surface area contributed by atoms with E-state index in [0.29, 0.717) is 12.2 Å². The van der Waals surface area contributed by atoms with E-state index in [9.17, 15) is 8.78 Å². The summed E-state index contributed by atoms with van der Waals surface area (Å²) in [6.07, 6.45) is -2.04. The number of benzene rings is 2. The van der Waals surface area contributed by atoms with Crippen molar-refractivity contribution >= 4 is 5.84 Å². The highest BCUT2D eigenvalue weighted by Crippen LogP contribution is 2.38. The van der Waals surface area contributed by atoms with Gasteiger partial charge in [-0.2, -0.15) is 0 Å². The van der Waals surface area contributed by atoms with Gasteiger partial charge in [0.25, 0.3) is 6.43 Å². The number of ether oxygens (including phenoxy) is 1. The topological polar surface area (TPSA) is 47.7 Å². The Labute approximate surface area is 125 Å². The molecule has 2 aromatic carbocycles. The third-order valence-electron chi connectivity index (χ3n) is 3.85. The monoisotopic (exact) mass is 300 g/mol. The number of fused-ring (bicyclic) bond motifs is 1. The molecule has 4 nitrogen and oxygen atoms in total. The van der Waals surface area contributed by atoms with Gasteiger partial charge in [-0.3, -0.25) is 0 Å². The van der Waals surface area contributed by atoms with Crippen LogP contribution in [0.4, 0.5) is 8.78 Å². The molecule has 1 N–H and O–H groups in total. The lowest BCUT2D eigenvalue weighted by Crippen LogP contribution is -2.27. The molecule has 6 heteroatoms. The lowest BCUT2D eigenvalue weighted by atomic mass is 10.0. The molecule has 2 heterocycles. The zero-order valence-corrected chi connectivity index (χ0v) is 11.5. The van der Waals surface area contributed by atoms with E-state index in [1.807, 2.05) is 24.3 Å². The summed E-state index contributed by atoms with van der Waals surface area (Å²) in [6.45, 7) is 0. The predicted molar refractivity (Wildman–Crippen MR) is 74.8 cm³/mol. The Morgan fingerprint density at radius 2 is 2.09 bits per heavy atom. The van der Waals surface area contributed by atoms with Crippen molar-refractivity contribution in [1.29, 1.82) is 0 Å². The Kier molecular flexibility index (Phi) is 2.91. The summed E-state index contributed by atoms with van der Waals surface area (Å²) >= 11 is 0. The van der Waals surface area contributed by atoms with Crippen LogP contribution in [0.15, 0.2) is 47.7 Å². The Morgan fingerprint density at radius 3 is 2.82 bits per heavy atom. The molecule has 110 valence electrons. The fourth-order valence-electron chi connectivity index (χ4n) is 2.70. The normalized spacial score (nSPS) is 18.3. The zero-order chi connectivity index (χ0) is 15.1. The van der Waals surface area contributed by atoms with E-state index in [1.165, 1.54) is 12.1 Å². The van der Waals surface area contributed by atoms with Gasteiger partial charge in [0, 0.05) is 12.0 Å². The third kappa shape index (κ3) is 2.14. The van der Waals surface area contributed by atoms with E-state index in [2.05, 4.69) is 15.4 Å². The molecule has 4 rings (SSSR count). The van der Waals surface area contributed by atoms with Crippen LogP contribution in [0.3, 0.4) is 0 Å². The highest BCUT2D eigenvalue weighted by Gasteiger charge is 2.27. The smallest absolute Gasteiger partial charge is 0.372 e. The van der Waals surface area contributed by atoms with Crippen molar-refractivity contribution < 1.29 is 18.3 Å². The van der Waals surface area contributed by atoms with Crippen LogP contribution in [0.5, 0.6) is 5.75 Å². The Morgan fingerprint density at radius 1 is 1.23 bits per heavy atom. The summed E-state index contributed by atoms with van der Waals surface area (Å²) in [5, 5.41) is 3.60. The summed E-state index contributed by atoms with van der Waals surface area (Å²) in [5.41, 5.74) is 5.54. The average Bonchev–Trinajstić information content (AvgIpc) is 2.88. The van der Waals surface area contributed by atoms with Crippen LogP contribution in [0, 0.1) is 0 Å². The van der Waals surface area contributed by atoms with Crippen molar-refractivity contribution in [2.75, 3.05) is 0 Å². The van der Waals surface area contributed by atoms with Crippen LogP contribution in [0.2, 0.25) is 0 Å². The SMILES string of the molecule is FC(F)c1ccc2c(c1)CC(c1cccc(C3=[N+]=NN3)c1)O2. The van der Waals surface area contributed by atoms with Crippen LogP contribution >= 0.6 is 0 Å². The number of halogens is 2. The fraction of sp³-hybridized carbons (Fsp3) is 0.188. The first kappa shape index (κ1) is 13.0. The summed E-state index contributed by atoms with van der Waals surface area (Å²) in [7, 11) is 0. The number of nitrogens with zero attached hydrogens (tertiary/aromatic N) is 2. The van der Waals surface area contributed by atoms with Crippen LogP contribution in [-0.2, 0) is 6.42 Å². The van der Waals surface area contributed by atoms with Crippen molar-refractivity contribution in [3.63, 3.8) is 0 Å². The molecular formula is C16H12F2N3O+. The van der Waals surface area contributed by atoms with Gasteiger partial charge in [0.05, 0.1) is 5.56 Å². The molecule has 0 radical (unpaired) electrons. The molecule has 0 aromatic heterocycles. The van der Waals surface area contributed by atoms with Crippen LogP contribution < -0.4 is 10.2 Å². The van der Waals surface area contributed by atoms with Crippen molar-refractivity contribution in [2.45, 2.75) is 19.0 Å². The van der Waals surface area contributed by atoms with E-state index < -0.39 is 6.43 Å². The maximum absolute atomic E-state index is 12.8. The molecule has 0 fully saturated rings. The van der Waals surface area contributed by atoms with Crippen molar-refractivity contribution in [3.8, 4) is 5.75 Å². The number of nitrogens with one attached hydrogen (secondary N) is 1. The molecule has 0 saturated heterocycles. The summed E-state index contributed by atoms with van der Waals surface area (Å²) < 4.78 is 31.4. The Hall–Kier alpha value is -2.72. The molecule has 0 spiro atoms. The van der Waals surface area contributed by atoms with Gasteiger partial charge in [-0.25, -0.2) is 8.78 Å². The van der Waals surface area contributed by atoms with Crippen LogP contribution in [0.25, 0.3) is 0 Å². The molecule has 2 aliphatic heterocycles. The first-order chi connectivity index (χ1) is 10.7. The minimum Gasteiger partial charge on any atom is -0.485 e. The zero-order valence-electron chi connectivity index (χ0n) is 11.5. The minimum atomic E-state index is -2.46. The van der Waals surface area contributed by atoms with Crippen molar-refractivity contribution in [2.24, 2.45) is 5.22 Å². The van der Waals surface area contributed by atoms with Gasteiger partial charge >= 0.3 is 5.84 Å². The second-order valence-electron chi connectivity index (χ2n) is 5.26. The van der Waals surface area contributed by atoms with Gasteiger partial charge in [0.2, 0.25) is 0 Å². The third-order valence-corrected chi connectivity index (χ3v) is 3.85. The van der Waals surface area contributed by atoms with E-state index in [-0.39, 0.29) is 11.7 Å². The number of hydrogen-bond donors (Lipinski definition) is 1. The molecule has 0 saturated carbocycles. The van der Waals surface area contributed by atoms with E-state index in [4.69, 9.17) is 4.74 Å². The van der Waals surface area contributed by atoms with Gasteiger partial charge in [0.1, 0.15) is 17.1 Å². The number of hydrogen-bond acceptors (Lipinski definition) is 3. The van der Waals surface area contributed by atoms with Crippen LogP contribution in [0.1, 0.15) is 34.8 Å². The molecule has 1 unspecified atom stereocenters. The molecule has 0 amide bonds. The van der Waals surface area contributed by atoms with Crippen LogP contribution in [-0.4, -0.2) is 10.6 Å². The van der Waals surface area contributed by atoms with Crippen molar-refractivity contribution in [1.82, 2.24) is 5.43 Å². The van der Waals surface area contributed by atoms with Gasteiger partial charge in [-0.15, -0.1) is 10.2 Å². The standard InChI is InChI=1S/C16H11F2N3O/c17-15(18)10-4-5-13-12(7-10)8-14(22-13)9-2-1-3-11(6-9)16-19-21-20-16/h1-7,14-15H,8H2/p+1. The molecule has 0 bridgehead atoms. The van der Waals surface area contributed by atoms with E-state index in [1.54, 1.807) is 6.07 Å². The fourth-order valence-corrected chi connectivity index (χ4v) is 2.70. The number of amidine groups is 1. The summed E-state index contributed by atoms with van der Waals surface area (Å²) in [5.74, 6) is 1.39.